The highest BCUT2D eigenvalue weighted by Crippen LogP contribution is 2.39. The summed E-state index contributed by atoms with van der Waals surface area (Å²) in [7, 11) is -4.80. The molecule has 6 N–H and O–H groups in total. The molecule has 2 aromatic rings. The number of anilines is 1. The number of phosphoric ester groups is 1. The topological polar surface area (TPSA) is 186 Å². The van der Waals surface area contributed by atoms with Crippen molar-refractivity contribution in [3.05, 3.63) is 16.7 Å². The molecule has 0 aliphatic carbocycles. The average molecular weight is 365 g/mol. The van der Waals surface area contributed by atoms with E-state index in [0.29, 0.717) is 0 Å². The summed E-state index contributed by atoms with van der Waals surface area (Å²) in [6, 6.07) is 0. The van der Waals surface area contributed by atoms with Crippen LogP contribution in [0.2, 0.25) is 0 Å². The summed E-state index contributed by atoms with van der Waals surface area (Å²) < 4.78 is 35.6. The van der Waals surface area contributed by atoms with Crippen LogP contribution >= 0.6 is 7.82 Å². The monoisotopic (exact) mass is 365 g/mol. The second kappa shape index (κ2) is 5.88. The van der Waals surface area contributed by atoms with Gasteiger partial charge in [-0.2, -0.15) is 4.98 Å². The van der Waals surface area contributed by atoms with Crippen LogP contribution < -0.4 is 11.3 Å². The van der Waals surface area contributed by atoms with Gasteiger partial charge in [0.05, 0.1) is 12.9 Å². The summed E-state index contributed by atoms with van der Waals surface area (Å²) >= 11 is 0. The number of aromatic amines is 1. The number of rotatable bonds is 4. The lowest BCUT2D eigenvalue weighted by Crippen LogP contribution is -2.31. The molecule has 4 unspecified atom stereocenters. The third kappa shape index (κ3) is 3.05. The summed E-state index contributed by atoms with van der Waals surface area (Å²) in [5.41, 5.74) is 4.64. The summed E-state index contributed by atoms with van der Waals surface area (Å²) in [5, 5.41) is 9.83. The van der Waals surface area contributed by atoms with Crippen LogP contribution in [-0.2, 0) is 13.8 Å². The van der Waals surface area contributed by atoms with Gasteiger partial charge in [-0.1, -0.05) is 0 Å². The molecule has 24 heavy (non-hydrogen) atoms. The third-order valence-electron chi connectivity index (χ3n) is 3.43. The Morgan fingerprint density at radius 1 is 1.54 bits per heavy atom. The van der Waals surface area contributed by atoms with E-state index in [-0.39, 0.29) is 17.1 Å². The first-order valence-electron chi connectivity index (χ1n) is 6.57. The SMILES string of the molecule is Nc1nc2c(ncn2C2OC(COP(=O)(O)O)C(O)C2F)c(=O)[nH]1. The van der Waals surface area contributed by atoms with Crippen LogP contribution in [0.15, 0.2) is 11.1 Å². The van der Waals surface area contributed by atoms with Crippen molar-refractivity contribution < 1.29 is 33.1 Å². The van der Waals surface area contributed by atoms with Crippen molar-refractivity contribution in [2.75, 3.05) is 12.3 Å². The summed E-state index contributed by atoms with van der Waals surface area (Å²) in [6.45, 7) is -0.731. The van der Waals surface area contributed by atoms with E-state index in [4.69, 9.17) is 20.3 Å². The van der Waals surface area contributed by atoms with Gasteiger partial charge < -0.3 is 25.4 Å². The molecule has 3 rings (SSSR count). The van der Waals surface area contributed by atoms with Crippen LogP contribution in [0.3, 0.4) is 0 Å². The molecule has 0 saturated carbocycles. The highest BCUT2D eigenvalue weighted by molar-refractivity contribution is 7.46. The minimum atomic E-state index is -4.80. The Hall–Kier alpha value is -1.89. The van der Waals surface area contributed by atoms with Gasteiger partial charge in [0.25, 0.3) is 5.56 Å². The first kappa shape index (κ1) is 17.0. The summed E-state index contributed by atoms with van der Waals surface area (Å²) in [4.78, 5) is 38.9. The van der Waals surface area contributed by atoms with Crippen molar-refractivity contribution in [1.82, 2.24) is 19.5 Å². The normalized spacial score (nSPS) is 27.8. The predicted molar refractivity (Wildman–Crippen MR) is 75.4 cm³/mol. The Morgan fingerprint density at radius 2 is 2.25 bits per heavy atom. The number of nitrogens with two attached hydrogens (primary N) is 1. The molecule has 2 aromatic heterocycles. The number of aromatic nitrogens is 4. The van der Waals surface area contributed by atoms with E-state index < -0.39 is 44.6 Å². The van der Waals surface area contributed by atoms with E-state index >= 15 is 0 Å². The van der Waals surface area contributed by atoms with Gasteiger partial charge in [0, 0.05) is 0 Å². The number of aliphatic hydroxyl groups is 1. The van der Waals surface area contributed by atoms with Crippen LogP contribution in [0.4, 0.5) is 10.3 Å². The second-order valence-corrected chi connectivity index (χ2v) is 6.30. The van der Waals surface area contributed by atoms with Crippen LogP contribution in [-0.4, -0.2) is 59.4 Å². The van der Waals surface area contributed by atoms with E-state index in [1.165, 1.54) is 0 Å². The standard InChI is InChI=1S/C10H13FN5O7P/c11-4-6(17)3(1-22-24(19,20)21)23-9(4)16-2-13-5-7(16)14-10(12)15-8(5)18/h2-4,6,9,17H,1H2,(H2,19,20,21)(H3,12,14,15,18). The van der Waals surface area contributed by atoms with Crippen molar-refractivity contribution in [2.24, 2.45) is 0 Å². The number of fused-ring (bicyclic) bond motifs is 1. The number of halogens is 1. The van der Waals surface area contributed by atoms with Crippen LogP contribution in [0.1, 0.15) is 6.23 Å². The fourth-order valence-electron chi connectivity index (χ4n) is 2.37. The Balaban J connectivity index is 1.90. The first-order chi connectivity index (χ1) is 11.2. The molecule has 132 valence electrons. The number of nitrogen functional groups attached to an aromatic ring is 1. The quantitative estimate of drug-likeness (QED) is 0.395. The zero-order valence-electron chi connectivity index (χ0n) is 11.8. The molecule has 0 aromatic carbocycles. The molecule has 12 nitrogen and oxygen atoms in total. The number of hydrogen-bond acceptors (Lipinski definition) is 8. The number of phosphoric acid groups is 1. The molecule has 1 aliphatic rings. The lowest BCUT2D eigenvalue weighted by molar-refractivity contribution is -0.0451. The maximum absolute atomic E-state index is 14.3. The van der Waals surface area contributed by atoms with Crippen LogP contribution in [0, 0.1) is 0 Å². The minimum Gasteiger partial charge on any atom is -0.387 e. The molecule has 0 spiro atoms. The van der Waals surface area contributed by atoms with Crippen molar-refractivity contribution >= 4 is 24.9 Å². The highest BCUT2D eigenvalue weighted by Gasteiger charge is 2.46. The van der Waals surface area contributed by atoms with Gasteiger partial charge in [-0.15, -0.1) is 0 Å². The van der Waals surface area contributed by atoms with E-state index in [0.717, 1.165) is 10.9 Å². The lowest BCUT2D eigenvalue weighted by atomic mass is 10.1. The van der Waals surface area contributed by atoms with Gasteiger partial charge in [-0.25, -0.2) is 13.9 Å². The zero-order valence-corrected chi connectivity index (χ0v) is 12.7. The molecule has 0 bridgehead atoms. The predicted octanol–water partition coefficient (Wildman–Crippen LogP) is -1.59. The van der Waals surface area contributed by atoms with Gasteiger partial charge in [0.2, 0.25) is 5.95 Å². The van der Waals surface area contributed by atoms with Crippen molar-refractivity contribution in [3.63, 3.8) is 0 Å². The van der Waals surface area contributed by atoms with Gasteiger partial charge in [-0.3, -0.25) is 18.9 Å². The number of aliphatic hydroxyl groups excluding tert-OH is 1. The van der Waals surface area contributed by atoms with Crippen molar-refractivity contribution in [3.8, 4) is 0 Å². The average Bonchev–Trinajstić information content (AvgIpc) is 3.00. The first-order valence-corrected chi connectivity index (χ1v) is 8.10. The molecule has 14 heteroatoms. The molecule has 1 saturated heterocycles. The fraction of sp³-hybridized carbons (Fsp3) is 0.500. The molecule has 4 atom stereocenters. The number of nitrogens with one attached hydrogen (secondary N) is 1. The van der Waals surface area contributed by atoms with Gasteiger partial charge in [-0.05, 0) is 0 Å². The molecule has 0 radical (unpaired) electrons. The highest BCUT2D eigenvalue weighted by atomic mass is 31.2. The van der Waals surface area contributed by atoms with Gasteiger partial charge >= 0.3 is 7.82 Å². The number of H-pyrrole nitrogens is 1. The van der Waals surface area contributed by atoms with Crippen molar-refractivity contribution in [1.29, 1.82) is 0 Å². The minimum absolute atomic E-state index is 0.0624. The number of nitrogens with zero attached hydrogens (tertiary/aromatic N) is 3. The number of ether oxygens (including phenoxy) is 1. The number of alkyl halides is 1. The third-order valence-corrected chi connectivity index (χ3v) is 3.91. The molecule has 1 fully saturated rings. The molecular formula is C10H13FN5O7P. The summed E-state index contributed by atoms with van der Waals surface area (Å²) in [6.07, 6.45) is -5.37. The lowest BCUT2D eigenvalue weighted by Gasteiger charge is -2.15. The maximum Gasteiger partial charge on any atom is 0.469 e. The van der Waals surface area contributed by atoms with E-state index in [9.17, 15) is 18.9 Å². The van der Waals surface area contributed by atoms with Crippen LogP contribution in [0.25, 0.3) is 11.2 Å². The van der Waals surface area contributed by atoms with Gasteiger partial charge in [0.1, 0.15) is 12.2 Å². The molecular weight excluding hydrogens is 352 g/mol. The molecule has 3 heterocycles. The zero-order chi connectivity index (χ0) is 17.6. The van der Waals surface area contributed by atoms with Crippen molar-refractivity contribution in [2.45, 2.75) is 24.6 Å². The number of imidazole rings is 1. The number of hydrogen-bond donors (Lipinski definition) is 5. The Kier molecular flexibility index (Phi) is 4.15. The maximum atomic E-state index is 14.3. The fourth-order valence-corrected chi connectivity index (χ4v) is 2.71. The molecule has 1 aliphatic heterocycles. The van der Waals surface area contributed by atoms with E-state index in [1.807, 2.05) is 0 Å². The Morgan fingerprint density at radius 3 is 2.92 bits per heavy atom. The smallest absolute Gasteiger partial charge is 0.387 e. The summed E-state index contributed by atoms with van der Waals surface area (Å²) in [5.74, 6) is -0.218. The largest absolute Gasteiger partial charge is 0.469 e. The Labute approximate surface area is 132 Å². The van der Waals surface area contributed by atoms with Crippen LogP contribution in [0.5, 0.6) is 0 Å². The van der Waals surface area contributed by atoms with E-state index in [1.54, 1.807) is 0 Å². The van der Waals surface area contributed by atoms with Gasteiger partial charge in [0.15, 0.2) is 23.6 Å². The molecule has 0 amide bonds. The second-order valence-electron chi connectivity index (χ2n) is 5.06. The van der Waals surface area contributed by atoms with E-state index in [2.05, 4.69) is 19.5 Å². The Bertz CT molecular complexity index is 865.